The number of benzene rings is 3. The number of fused-ring (bicyclic) bond motifs is 1. The summed E-state index contributed by atoms with van der Waals surface area (Å²) in [6.45, 7) is 6.86. The number of aromatic nitrogens is 2. The number of nitrogens with zero attached hydrogens (tertiary/aromatic N) is 4. The number of carbonyl (C=O) groups is 1. The smallest absolute Gasteiger partial charge is 0.347 e. The highest BCUT2D eigenvalue weighted by Gasteiger charge is 2.60. The molecule has 0 saturated heterocycles. The van der Waals surface area contributed by atoms with E-state index in [1.165, 1.54) is 23.9 Å². The second kappa shape index (κ2) is 18.3. The molecule has 0 fully saturated rings. The van der Waals surface area contributed by atoms with E-state index in [0.717, 1.165) is 62.9 Å². The van der Waals surface area contributed by atoms with Crippen molar-refractivity contribution in [3.8, 4) is 11.1 Å². The van der Waals surface area contributed by atoms with E-state index >= 15 is 4.79 Å². The Bertz CT molecular complexity index is 2570. The predicted octanol–water partition coefficient (Wildman–Crippen LogP) is -17.2. The van der Waals surface area contributed by atoms with Gasteiger partial charge in [0.15, 0.2) is 5.16 Å². The summed E-state index contributed by atoms with van der Waals surface area (Å²) in [4.78, 5) is 39.8. The topological polar surface area (TPSA) is 58.4 Å². The van der Waals surface area contributed by atoms with Gasteiger partial charge in [-0.25, -0.2) is 4.39 Å². The fraction of sp³-hybridized carbons (Fsp3) is 0.361. The molecule has 1 aliphatic rings. The van der Waals surface area contributed by atoms with Crippen LogP contribution in [0.25, 0.3) is 11.1 Å². The SMILES string of the molecule is Bc1c(B)c(C(F)(F)F)c(B)c(B)c1-c1c(B)c(B)c(C(B)(B)N(CCN(CC)CC)C(=O)C(B)(B)n2c(SCc3ccc(F)cc3)nc(=O)c3c2C(B)(B)C(B)(B)C3(B)B)c(B)c1B. The molecule has 0 saturated carbocycles. The Balaban J connectivity index is 1.80. The average molecular weight is 880 g/mol. The van der Waals surface area contributed by atoms with Gasteiger partial charge in [-0.1, -0.05) is 103 Å². The standard InChI is InChI=1S/C36H56B18F4N4O2S/c1-3-60(4-2)9-10-61(33(49,50)16-23(41)19(37)14(20(38)24(16)42)15-21(39)25(43)17(35(56,57)58)26(44)22(15)40)29(64)34(51,52)62-27-18(31(45,46)36(53,54)32(27,47)48)28(63)59-30(62)65-11-12-5-7-13(55)8-6-12/h5-8H,3-4,9-11,37-54H2,1-2H3. The summed E-state index contributed by atoms with van der Waals surface area (Å²) < 4.78 is 59.3. The number of hydrogen-bond acceptors (Lipinski definition) is 5. The quantitative estimate of drug-likeness (QED) is 0.0579. The summed E-state index contributed by atoms with van der Waals surface area (Å²) in [5, 5.41) is -3.34. The molecule has 0 unspecified atom stereocenters. The second-order valence-corrected chi connectivity index (χ2v) is 22.1. The largest absolute Gasteiger partial charge is 0.415 e. The third kappa shape index (κ3) is 8.68. The van der Waals surface area contributed by atoms with E-state index in [0.29, 0.717) is 40.5 Å². The molecular formula is C36H56B18F4N4O2S. The number of halogens is 4. The van der Waals surface area contributed by atoms with Crippen LogP contribution >= 0.6 is 11.8 Å². The van der Waals surface area contributed by atoms with Crippen LogP contribution in [0.3, 0.4) is 0 Å². The highest BCUT2D eigenvalue weighted by molar-refractivity contribution is 7.98. The van der Waals surface area contributed by atoms with E-state index in [9.17, 15) is 22.4 Å². The Morgan fingerprint density at radius 1 is 0.708 bits per heavy atom. The highest BCUT2D eigenvalue weighted by Crippen LogP contribution is 2.57. The third-order valence-corrected chi connectivity index (χ3v) is 17.6. The molecule has 4 aromatic rings. The van der Waals surface area contributed by atoms with Gasteiger partial charge in [-0.15, -0.1) is 0 Å². The zero-order chi connectivity index (χ0) is 49.5. The maximum Gasteiger partial charge on any atom is 0.415 e. The van der Waals surface area contributed by atoms with Crippen molar-refractivity contribution in [2.45, 2.75) is 57.2 Å². The van der Waals surface area contributed by atoms with E-state index < -0.39 is 38.1 Å². The monoisotopic (exact) mass is 883 g/mol. The predicted molar refractivity (Wildman–Crippen MR) is 317 cm³/mol. The Kier molecular flexibility index (Phi) is 14.9. The molecule has 0 N–H and O–H groups in total. The van der Waals surface area contributed by atoms with E-state index in [4.69, 9.17) is 4.98 Å². The van der Waals surface area contributed by atoms with Crippen LogP contribution in [0.4, 0.5) is 17.6 Å². The van der Waals surface area contributed by atoms with Gasteiger partial charge in [0.2, 0.25) is 5.91 Å². The second-order valence-electron chi connectivity index (χ2n) is 21.1. The number of alkyl halides is 3. The highest BCUT2D eigenvalue weighted by atomic mass is 32.2. The first-order valence-corrected chi connectivity index (χ1v) is 24.1. The van der Waals surface area contributed by atoms with Gasteiger partial charge >= 0.3 is 6.18 Å². The lowest BCUT2D eigenvalue weighted by molar-refractivity contribution is -0.137. The minimum Gasteiger partial charge on any atom is -0.347 e. The van der Waals surface area contributed by atoms with Gasteiger partial charge in [0.05, 0.1) is 21.0 Å². The molecule has 65 heavy (non-hydrogen) atoms. The molecule has 0 radical (unpaired) electrons. The Morgan fingerprint density at radius 2 is 1.15 bits per heavy atom. The minimum absolute atomic E-state index is 0.136. The number of hydrogen-bond donors (Lipinski definition) is 0. The molecular weight excluding hydrogens is 823 g/mol. The van der Waals surface area contributed by atoms with Crippen molar-refractivity contribution in [1.82, 2.24) is 19.4 Å². The summed E-state index contributed by atoms with van der Waals surface area (Å²) in [6, 6.07) is 6.30. The lowest BCUT2D eigenvalue weighted by Gasteiger charge is -2.49. The summed E-state index contributed by atoms with van der Waals surface area (Å²) in [7, 11) is 36.0. The third-order valence-electron chi connectivity index (χ3n) is 16.6. The van der Waals surface area contributed by atoms with Gasteiger partial charge in [-0.05, 0) is 41.9 Å². The number of amides is 1. The zero-order valence-electron chi connectivity index (χ0n) is 42.9. The number of rotatable bonds is 13. The Morgan fingerprint density at radius 3 is 1.58 bits per heavy atom. The van der Waals surface area contributed by atoms with Crippen LogP contribution in [-0.2, 0) is 37.8 Å². The lowest BCUT2D eigenvalue weighted by atomic mass is 9.20. The maximum atomic E-state index is 16.3. The molecule has 29 heteroatoms. The molecule has 1 amide bonds. The normalized spacial score (nSPS) is 15.5. The van der Waals surface area contributed by atoms with Crippen molar-refractivity contribution >= 4 is 203 Å². The molecule has 1 aliphatic carbocycles. The molecule has 0 aliphatic heterocycles. The average Bonchev–Trinajstić information content (AvgIpc) is 3.31. The fourth-order valence-corrected chi connectivity index (χ4v) is 12.2. The van der Waals surface area contributed by atoms with Crippen molar-refractivity contribution in [2.75, 3.05) is 26.2 Å². The van der Waals surface area contributed by atoms with Gasteiger partial charge in [0.1, 0.15) is 131 Å². The summed E-state index contributed by atoms with van der Waals surface area (Å²) >= 11 is 1.38. The molecule has 0 bridgehead atoms. The molecule has 0 spiro atoms. The van der Waals surface area contributed by atoms with Crippen molar-refractivity contribution in [1.29, 1.82) is 0 Å². The van der Waals surface area contributed by atoms with E-state index in [1.807, 2.05) is 20.6 Å². The summed E-state index contributed by atoms with van der Waals surface area (Å²) in [5.41, 5.74) is 9.72. The first-order valence-electron chi connectivity index (χ1n) is 23.1. The van der Waals surface area contributed by atoms with E-state index in [2.05, 4.69) is 117 Å². The maximum absolute atomic E-state index is 16.3. The molecule has 0 atom stereocenters. The van der Waals surface area contributed by atoms with E-state index in [1.54, 1.807) is 43.5 Å². The van der Waals surface area contributed by atoms with Gasteiger partial charge in [-0.3, -0.25) is 9.59 Å². The molecule has 5 rings (SSSR count). The fourth-order valence-electron chi connectivity index (χ4n) is 11.1. The molecule has 3 aromatic carbocycles. The number of carbonyl (C=O) groups excluding carboxylic acids is 1. The van der Waals surface area contributed by atoms with Crippen LogP contribution in [-0.4, -0.2) is 193 Å². The molecule has 1 heterocycles. The molecule has 1 aromatic heterocycles. The van der Waals surface area contributed by atoms with Crippen molar-refractivity contribution < 1.29 is 22.4 Å². The van der Waals surface area contributed by atoms with Crippen molar-refractivity contribution in [2.24, 2.45) is 0 Å². The number of thioether (sulfide) groups is 1. The first-order chi connectivity index (χ1) is 29.7. The lowest BCUT2D eigenvalue weighted by Crippen LogP contribution is -2.65. The summed E-state index contributed by atoms with van der Waals surface area (Å²) in [5.74, 6) is -0.0688. The summed E-state index contributed by atoms with van der Waals surface area (Å²) in [6.07, 6.45) is -4.48. The van der Waals surface area contributed by atoms with Gasteiger partial charge in [-0.2, -0.15) is 18.2 Å². The number of likely N-dealkylation sites (N-methyl/N-ethyl adjacent to an activating group) is 1. The van der Waals surface area contributed by atoms with Crippen molar-refractivity contribution in [3.05, 3.63) is 68.4 Å². The first kappa shape index (κ1) is 53.2. The van der Waals surface area contributed by atoms with Crippen molar-refractivity contribution in [3.63, 3.8) is 0 Å². The van der Waals surface area contributed by atoms with Gasteiger partial charge in [0, 0.05) is 41.0 Å². The Labute approximate surface area is 405 Å². The van der Waals surface area contributed by atoms with E-state index in [-0.39, 0.29) is 28.2 Å². The molecule has 6 nitrogen and oxygen atoms in total. The van der Waals surface area contributed by atoms with Crippen LogP contribution in [0.5, 0.6) is 0 Å². The van der Waals surface area contributed by atoms with Crippen LogP contribution in [0, 0.1) is 5.82 Å². The molecule has 320 valence electrons. The van der Waals surface area contributed by atoms with Gasteiger partial charge in [0.25, 0.3) is 5.56 Å². The minimum atomic E-state index is -4.48. The van der Waals surface area contributed by atoms with Crippen LogP contribution in [0.1, 0.15) is 41.8 Å². The van der Waals surface area contributed by atoms with Gasteiger partial charge < -0.3 is 14.4 Å². The Hall–Kier alpha value is -2.79. The van der Waals surface area contributed by atoms with Crippen LogP contribution in [0.2, 0.25) is 5.21 Å². The van der Waals surface area contributed by atoms with Crippen LogP contribution < -0.4 is 49.3 Å². The van der Waals surface area contributed by atoms with Crippen LogP contribution in [0.15, 0.2) is 34.2 Å². The zero-order valence-corrected chi connectivity index (χ0v) is 43.7.